The van der Waals surface area contributed by atoms with Crippen LogP contribution < -0.4 is 5.32 Å². The van der Waals surface area contributed by atoms with Gasteiger partial charge in [0.1, 0.15) is 0 Å². The van der Waals surface area contributed by atoms with Gasteiger partial charge in [0.05, 0.1) is 15.2 Å². The molecule has 0 spiro atoms. The molecule has 1 aliphatic heterocycles. The zero-order chi connectivity index (χ0) is 11.7. The third-order valence-electron chi connectivity index (χ3n) is 3.22. The molecule has 0 amide bonds. The van der Waals surface area contributed by atoms with Crippen molar-refractivity contribution in [2.24, 2.45) is 0 Å². The van der Waals surface area contributed by atoms with Crippen LogP contribution in [0.2, 0.25) is 0 Å². The Bertz CT molecular complexity index is 515. The molecule has 0 radical (unpaired) electrons. The van der Waals surface area contributed by atoms with Crippen LogP contribution in [0.5, 0.6) is 0 Å². The van der Waals surface area contributed by atoms with Crippen molar-refractivity contribution in [1.29, 1.82) is 0 Å². The number of hydrogen-bond acceptors (Lipinski definition) is 4. The molecule has 0 saturated carbocycles. The van der Waals surface area contributed by atoms with Gasteiger partial charge < -0.3 is 5.32 Å². The first-order valence-electron chi connectivity index (χ1n) is 6.02. The van der Waals surface area contributed by atoms with Gasteiger partial charge in [0, 0.05) is 17.4 Å². The molecular weight excluding hydrogens is 248 g/mol. The van der Waals surface area contributed by atoms with Gasteiger partial charge in [-0.05, 0) is 43.8 Å². The van der Waals surface area contributed by atoms with Gasteiger partial charge in [-0.25, -0.2) is 4.98 Å². The lowest BCUT2D eigenvalue weighted by Crippen LogP contribution is -2.23. The van der Waals surface area contributed by atoms with Gasteiger partial charge in [-0.1, -0.05) is 0 Å². The van der Waals surface area contributed by atoms with Gasteiger partial charge in [-0.3, -0.25) is 0 Å². The fraction of sp³-hybridized carbons (Fsp3) is 0.462. The van der Waals surface area contributed by atoms with Crippen LogP contribution in [0, 0.1) is 0 Å². The highest BCUT2D eigenvalue weighted by atomic mass is 32.2. The maximum Gasteiger partial charge on any atom is 0.0954 e. The van der Waals surface area contributed by atoms with Gasteiger partial charge in [0.25, 0.3) is 0 Å². The molecule has 2 nitrogen and oxygen atoms in total. The lowest BCUT2D eigenvalue weighted by molar-refractivity contribution is 0.602. The summed E-state index contributed by atoms with van der Waals surface area (Å²) in [6.45, 7) is 1.17. The first kappa shape index (κ1) is 11.5. The third-order valence-corrected chi connectivity index (χ3v) is 4.99. The highest BCUT2D eigenvalue weighted by molar-refractivity contribution is 7.98. The molecule has 90 valence electrons. The molecule has 4 heteroatoms. The Kier molecular flexibility index (Phi) is 3.36. The van der Waals surface area contributed by atoms with E-state index in [1.807, 2.05) is 11.3 Å². The summed E-state index contributed by atoms with van der Waals surface area (Å²) in [6, 6.07) is 7.20. The molecule has 2 heterocycles. The van der Waals surface area contributed by atoms with Crippen LogP contribution in [0.4, 0.5) is 0 Å². The number of benzene rings is 1. The number of nitrogens with one attached hydrogen (secondary N) is 1. The number of rotatable bonds is 3. The van der Waals surface area contributed by atoms with E-state index < -0.39 is 0 Å². The van der Waals surface area contributed by atoms with Crippen molar-refractivity contribution in [1.82, 2.24) is 10.3 Å². The van der Waals surface area contributed by atoms with Crippen molar-refractivity contribution < 1.29 is 0 Å². The standard InChI is InChI=1S/C13H16N2S2/c1-16-10-4-5-11-12(8-10)17-13(15-11)7-9-3-2-6-14-9/h4-5,8-9,14H,2-3,6-7H2,1H3. The van der Waals surface area contributed by atoms with Crippen LogP contribution in [-0.2, 0) is 6.42 Å². The van der Waals surface area contributed by atoms with Gasteiger partial charge in [0.2, 0.25) is 0 Å². The van der Waals surface area contributed by atoms with Crippen LogP contribution in [0.1, 0.15) is 17.8 Å². The Morgan fingerprint density at radius 3 is 3.24 bits per heavy atom. The van der Waals surface area contributed by atoms with E-state index in [9.17, 15) is 0 Å². The van der Waals surface area contributed by atoms with E-state index in [1.165, 1.54) is 34.0 Å². The van der Waals surface area contributed by atoms with Gasteiger partial charge in [-0.2, -0.15) is 0 Å². The Morgan fingerprint density at radius 2 is 2.47 bits per heavy atom. The zero-order valence-electron chi connectivity index (χ0n) is 9.90. The molecule has 1 N–H and O–H groups in total. The summed E-state index contributed by atoms with van der Waals surface area (Å²) in [5.74, 6) is 0. The molecule has 1 atom stereocenters. The van der Waals surface area contributed by atoms with Gasteiger partial charge in [-0.15, -0.1) is 23.1 Å². The van der Waals surface area contributed by atoms with Crippen molar-refractivity contribution in [3.8, 4) is 0 Å². The van der Waals surface area contributed by atoms with Gasteiger partial charge >= 0.3 is 0 Å². The number of hydrogen-bond donors (Lipinski definition) is 1. The van der Waals surface area contributed by atoms with Gasteiger partial charge in [0.15, 0.2) is 0 Å². The predicted molar refractivity (Wildman–Crippen MR) is 76.1 cm³/mol. The van der Waals surface area contributed by atoms with E-state index in [4.69, 9.17) is 4.98 Å². The topological polar surface area (TPSA) is 24.9 Å². The van der Waals surface area contributed by atoms with Crippen molar-refractivity contribution in [2.45, 2.75) is 30.2 Å². The molecule has 1 aromatic carbocycles. The molecule has 2 aromatic rings. The quantitative estimate of drug-likeness (QED) is 0.861. The fourth-order valence-electron chi connectivity index (χ4n) is 2.31. The zero-order valence-corrected chi connectivity index (χ0v) is 11.5. The third kappa shape index (κ3) is 2.49. The molecular formula is C13H16N2S2. The summed E-state index contributed by atoms with van der Waals surface area (Å²) >= 11 is 3.64. The van der Waals surface area contributed by atoms with E-state index in [0.29, 0.717) is 6.04 Å². The number of fused-ring (bicyclic) bond motifs is 1. The molecule has 1 fully saturated rings. The summed E-state index contributed by atoms with van der Waals surface area (Å²) in [6.07, 6.45) is 5.82. The summed E-state index contributed by atoms with van der Waals surface area (Å²) in [4.78, 5) is 6.05. The van der Waals surface area contributed by atoms with E-state index in [2.05, 4.69) is 29.8 Å². The second-order valence-corrected chi connectivity index (χ2v) is 6.43. The second kappa shape index (κ2) is 4.96. The maximum atomic E-state index is 4.72. The Balaban J connectivity index is 1.85. The SMILES string of the molecule is CSc1ccc2nc(CC3CCCN3)sc2c1. The molecule has 3 rings (SSSR count). The molecule has 0 bridgehead atoms. The summed E-state index contributed by atoms with van der Waals surface area (Å²) in [5, 5.41) is 4.81. The number of aromatic nitrogens is 1. The summed E-state index contributed by atoms with van der Waals surface area (Å²) in [5.41, 5.74) is 1.15. The van der Waals surface area contributed by atoms with Crippen molar-refractivity contribution in [3.05, 3.63) is 23.2 Å². The predicted octanol–water partition coefficient (Wildman–Crippen LogP) is 3.31. The highest BCUT2D eigenvalue weighted by Crippen LogP contribution is 2.28. The lowest BCUT2D eigenvalue weighted by atomic mass is 10.2. The largest absolute Gasteiger partial charge is 0.314 e. The second-order valence-electron chi connectivity index (χ2n) is 4.44. The molecule has 1 aliphatic rings. The number of nitrogens with zero attached hydrogens (tertiary/aromatic N) is 1. The Hall–Kier alpha value is -0.580. The van der Waals surface area contributed by atoms with E-state index in [1.54, 1.807) is 11.8 Å². The fourth-order valence-corrected chi connectivity index (χ4v) is 3.91. The first-order valence-corrected chi connectivity index (χ1v) is 8.06. The minimum absolute atomic E-state index is 0.649. The molecule has 1 unspecified atom stereocenters. The van der Waals surface area contributed by atoms with E-state index >= 15 is 0 Å². The normalized spacial score (nSPS) is 20.2. The first-order chi connectivity index (χ1) is 8.35. The summed E-state index contributed by atoms with van der Waals surface area (Å²) < 4.78 is 1.32. The number of thiazole rings is 1. The van der Waals surface area contributed by atoms with Crippen LogP contribution >= 0.6 is 23.1 Å². The number of thioether (sulfide) groups is 1. The Morgan fingerprint density at radius 1 is 1.53 bits per heavy atom. The summed E-state index contributed by atoms with van der Waals surface area (Å²) in [7, 11) is 0. The van der Waals surface area contributed by atoms with Crippen LogP contribution in [-0.4, -0.2) is 23.8 Å². The van der Waals surface area contributed by atoms with Crippen molar-refractivity contribution >= 4 is 33.3 Å². The van der Waals surface area contributed by atoms with Crippen molar-refractivity contribution in [3.63, 3.8) is 0 Å². The van der Waals surface area contributed by atoms with Crippen LogP contribution in [0.3, 0.4) is 0 Å². The van der Waals surface area contributed by atoms with Crippen LogP contribution in [0.15, 0.2) is 23.1 Å². The molecule has 0 aliphatic carbocycles. The van der Waals surface area contributed by atoms with Crippen LogP contribution in [0.25, 0.3) is 10.2 Å². The maximum absolute atomic E-state index is 4.72. The minimum atomic E-state index is 0.649. The lowest BCUT2D eigenvalue weighted by Gasteiger charge is -2.05. The monoisotopic (exact) mass is 264 g/mol. The average Bonchev–Trinajstić information content (AvgIpc) is 2.96. The minimum Gasteiger partial charge on any atom is -0.314 e. The molecule has 1 saturated heterocycles. The molecule has 17 heavy (non-hydrogen) atoms. The van der Waals surface area contributed by atoms with E-state index in [-0.39, 0.29) is 0 Å². The van der Waals surface area contributed by atoms with Crippen molar-refractivity contribution in [2.75, 3.05) is 12.8 Å². The molecule has 1 aromatic heterocycles. The van der Waals surface area contributed by atoms with E-state index in [0.717, 1.165) is 11.9 Å². The highest BCUT2D eigenvalue weighted by Gasteiger charge is 2.16. The average molecular weight is 264 g/mol. The smallest absolute Gasteiger partial charge is 0.0954 e. The Labute approximate surface area is 110 Å².